The Morgan fingerprint density at radius 1 is 1.21 bits per heavy atom. The van der Waals surface area contributed by atoms with Gasteiger partial charge in [0.1, 0.15) is 5.75 Å². The first-order valence-electron chi connectivity index (χ1n) is 8.90. The third-order valence-corrected chi connectivity index (χ3v) is 4.10. The number of aliphatic hydroxyl groups is 1. The van der Waals surface area contributed by atoms with E-state index >= 15 is 0 Å². The second-order valence-corrected chi connectivity index (χ2v) is 6.43. The number of hydrogen-bond donors (Lipinski definition) is 3. The quantitative estimate of drug-likeness (QED) is 0.295. The summed E-state index contributed by atoms with van der Waals surface area (Å²) in [6, 6.07) is 6.32. The number of nitrogens with one attached hydrogen (secondary N) is 2. The van der Waals surface area contributed by atoms with Crippen molar-refractivity contribution in [1.82, 2.24) is 10.6 Å². The van der Waals surface area contributed by atoms with Gasteiger partial charge in [-0.2, -0.15) is 13.2 Å². The van der Waals surface area contributed by atoms with Gasteiger partial charge in [0.15, 0.2) is 12.6 Å². The first-order valence-corrected chi connectivity index (χ1v) is 8.90. The van der Waals surface area contributed by atoms with Gasteiger partial charge < -0.3 is 25.2 Å². The van der Waals surface area contributed by atoms with E-state index in [1.54, 1.807) is 12.1 Å². The number of benzene rings is 1. The van der Waals surface area contributed by atoms with Crippen LogP contribution < -0.4 is 15.4 Å². The van der Waals surface area contributed by atoms with Crippen LogP contribution in [0.15, 0.2) is 29.3 Å². The number of ether oxygens (including phenoxy) is 2. The van der Waals surface area contributed by atoms with E-state index in [1.807, 2.05) is 6.92 Å². The molecule has 1 aliphatic heterocycles. The molecule has 0 atom stereocenters. The first-order chi connectivity index (χ1) is 12.8. The van der Waals surface area contributed by atoms with Crippen LogP contribution in [0.2, 0.25) is 0 Å². The molecular weight excluding hydrogens is 490 g/mol. The van der Waals surface area contributed by atoms with Crippen LogP contribution in [-0.2, 0) is 11.3 Å². The normalized spacial score (nSPS) is 16.8. The van der Waals surface area contributed by atoms with Crippen molar-refractivity contribution in [3.05, 3.63) is 29.8 Å². The lowest BCUT2D eigenvalue weighted by molar-refractivity contribution is -0.153. The molecule has 1 saturated heterocycles. The summed E-state index contributed by atoms with van der Waals surface area (Å²) in [5, 5.41) is 16.7. The van der Waals surface area contributed by atoms with Gasteiger partial charge in [0.25, 0.3) is 0 Å². The molecule has 2 rings (SSSR count). The monoisotopic (exact) mass is 517 g/mol. The van der Waals surface area contributed by atoms with E-state index in [1.165, 1.54) is 12.1 Å². The smallest absolute Gasteiger partial charge is 0.422 e. The summed E-state index contributed by atoms with van der Waals surface area (Å²) >= 11 is 0. The maximum atomic E-state index is 12.2. The third kappa shape index (κ3) is 9.28. The molecule has 1 aromatic carbocycles. The molecule has 0 bridgehead atoms. The molecule has 0 unspecified atom stereocenters. The van der Waals surface area contributed by atoms with Crippen molar-refractivity contribution in [3.8, 4) is 5.75 Å². The zero-order valence-electron chi connectivity index (χ0n) is 15.7. The number of halogens is 4. The van der Waals surface area contributed by atoms with Crippen LogP contribution in [0.4, 0.5) is 13.2 Å². The summed E-state index contributed by atoms with van der Waals surface area (Å²) < 4.78 is 46.4. The lowest BCUT2D eigenvalue weighted by Crippen LogP contribution is -2.49. The minimum Gasteiger partial charge on any atom is -0.484 e. The lowest BCUT2D eigenvalue weighted by Gasteiger charge is -2.32. The maximum absolute atomic E-state index is 12.2. The Labute approximate surface area is 179 Å². The van der Waals surface area contributed by atoms with Crippen molar-refractivity contribution in [2.75, 3.05) is 32.9 Å². The van der Waals surface area contributed by atoms with Gasteiger partial charge in [-0.1, -0.05) is 12.1 Å². The van der Waals surface area contributed by atoms with Crippen LogP contribution in [0.1, 0.15) is 25.3 Å². The van der Waals surface area contributed by atoms with Crippen LogP contribution in [0.3, 0.4) is 0 Å². The molecule has 10 heteroatoms. The molecule has 0 amide bonds. The molecule has 3 N–H and O–H groups in total. The van der Waals surface area contributed by atoms with Crippen molar-refractivity contribution < 1.29 is 27.8 Å². The predicted molar refractivity (Wildman–Crippen MR) is 111 cm³/mol. The molecule has 0 aromatic heterocycles. The minimum atomic E-state index is -4.36. The molecule has 0 aliphatic carbocycles. The number of nitrogens with zero attached hydrogens (tertiary/aromatic N) is 1. The molecule has 6 nitrogen and oxygen atoms in total. The molecule has 1 fully saturated rings. The number of guanidine groups is 1. The zero-order chi connectivity index (χ0) is 19.8. The summed E-state index contributed by atoms with van der Waals surface area (Å²) in [5.41, 5.74) is 0.0164. The Hall–Kier alpha value is -1.27. The van der Waals surface area contributed by atoms with Crippen LogP contribution in [0.25, 0.3) is 0 Å². The van der Waals surface area contributed by atoms with E-state index in [-0.39, 0.29) is 29.7 Å². The largest absolute Gasteiger partial charge is 0.484 e. The van der Waals surface area contributed by atoms with E-state index in [0.717, 1.165) is 5.56 Å². The van der Waals surface area contributed by atoms with E-state index in [2.05, 4.69) is 20.4 Å². The highest BCUT2D eigenvalue weighted by Gasteiger charge is 2.30. The van der Waals surface area contributed by atoms with Crippen molar-refractivity contribution in [1.29, 1.82) is 0 Å². The van der Waals surface area contributed by atoms with Crippen LogP contribution in [-0.4, -0.2) is 55.8 Å². The fourth-order valence-electron chi connectivity index (χ4n) is 2.54. The summed E-state index contributed by atoms with van der Waals surface area (Å²) in [4.78, 5) is 4.45. The molecule has 1 heterocycles. The summed E-state index contributed by atoms with van der Waals surface area (Å²) in [5.74, 6) is 0.724. The first kappa shape index (κ1) is 24.8. The molecule has 0 spiro atoms. The van der Waals surface area contributed by atoms with Gasteiger partial charge in [0.05, 0.1) is 12.1 Å². The van der Waals surface area contributed by atoms with E-state index in [4.69, 9.17) is 4.74 Å². The van der Waals surface area contributed by atoms with Crippen molar-refractivity contribution in [3.63, 3.8) is 0 Å². The van der Waals surface area contributed by atoms with Gasteiger partial charge in [0, 0.05) is 39.1 Å². The lowest BCUT2D eigenvalue weighted by atomic mass is 9.94. The summed E-state index contributed by atoms with van der Waals surface area (Å²) in [7, 11) is 0. The maximum Gasteiger partial charge on any atom is 0.422 e. The SMILES string of the molecule is CCNC(=NCc1ccc(OCC(F)(F)F)cc1)NCC1(O)CCOCC1.I. The molecular formula is C18H27F3IN3O3. The van der Waals surface area contributed by atoms with E-state index in [0.29, 0.717) is 51.6 Å². The average molecular weight is 517 g/mol. The van der Waals surface area contributed by atoms with Crippen molar-refractivity contribution in [2.24, 2.45) is 4.99 Å². The van der Waals surface area contributed by atoms with E-state index < -0.39 is 18.4 Å². The number of hydrogen-bond acceptors (Lipinski definition) is 4. The predicted octanol–water partition coefficient (Wildman–Crippen LogP) is 2.84. The second-order valence-electron chi connectivity index (χ2n) is 6.43. The Morgan fingerprint density at radius 2 is 1.86 bits per heavy atom. The van der Waals surface area contributed by atoms with Gasteiger partial charge >= 0.3 is 6.18 Å². The van der Waals surface area contributed by atoms with Gasteiger partial charge in [-0.05, 0) is 24.6 Å². The molecule has 28 heavy (non-hydrogen) atoms. The number of rotatable bonds is 7. The molecule has 160 valence electrons. The van der Waals surface area contributed by atoms with Gasteiger partial charge in [-0.25, -0.2) is 4.99 Å². The third-order valence-electron chi connectivity index (χ3n) is 4.10. The highest BCUT2D eigenvalue weighted by atomic mass is 127. The van der Waals surface area contributed by atoms with Gasteiger partial charge in [0.2, 0.25) is 0 Å². The van der Waals surface area contributed by atoms with Crippen LogP contribution in [0, 0.1) is 0 Å². The fraction of sp³-hybridized carbons (Fsp3) is 0.611. The van der Waals surface area contributed by atoms with Crippen LogP contribution >= 0.6 is 24.0 Å². The highest BCUT2D eigenvalue weighted by Crippen LogP contribution is 2.20. The van der Waals surface area contributed by atoms with Gasteiger partial charge in [-0.3, -0.25) is 0 Å². The average Bonchev–Trinajstić information content (AvgIpc) is 2.63. The standard InChI is InChI=1S/C18H26F3N3O3.HI/c1-2-22-16(24-12-17(25)7-9-26-10-8-17)23-11-14-3-5-15(6-4-14)27-13-18(19,20)21;/h3-6,25H,2,7-13H2,1H3,(H2,22,23,24);1H. The van der Waals surface area contributed by atoms with Crippen LogP contribution in [0.5, 0.6) is 5.75 Å². The number of aliphatic imine (C=N–C) groups is 1. The molecule has 1 aromatic rings. The highest BCUT2D eigenvalue weighted by molar-refractivity contribution is 14.0. The summed E-state index contributed by atoms with van der Waals surface area (Å²) in [6.07, 6.45) is -3.22. The Morgan fingerprint density at radius 3 is 2.43 bits per heavy atom. The zero-order valence-corrected chi connectivity index (χ0v) is 18.0. The molecule has 0 radical (unpaired) electrons. The van der Waals surface area contributed by atoms with Gasteiger partial charge in [-0.15, -0.1) is 24.0 Å². The number of alkyl halides is 3. The van der Waals surface area contributed by atoms with Crippen molar-refractivity contribution >= 4 is 29.9 Å². The van der Waals surface area contributed by atoms with E-state index in [9.17, 15) is 18.3 Å². The minimum absolute atomic E-state index is 0. The fourth-order valence-corrected chi connectivity index (χ4v) is 2.54. The Balaban J connectivity index is 0.00000392. The summed E-state index contributed by atoms with van der Waals surface area (Å²) in [6.45, 7) is 3.07. The second kappa shape index (κ2) is 11.7. The Bertz CT molecular complexity index is 606. The topological polar surface area (TPSA) is 75.1 Å². The Kier molecular flexibility index (Phi) is 10.3. The molecule has 1 aliphatic rings. The molecule has 0 saturated carbocycles. The van der Waals surface area contributed by atoms with Crippen molar-refractivity contribution in [2.45, 2.75) is 38.1 Å².